The maximum atomic E-state index is 12.1. The molecule has 0 aromatic heterocycles. The Morgan fingerprint density at radius 1 is 1.35 bits per heavy atom. The van der Waals surface area contributed by atoms with E-state index in [2.05, 4.69) is 16.0 Å². The van der Waals surface area contributed by atoms with Gasteiger partial charge in [0.15, 0.2) is 0 Å². The Morgan fingerprint density at radius 3 is 2.85 bits per heavy atom. The Balaban J connectivity index is 2.19. The lowest BCUT2D eigenvalue weighted by atomic mass is 10.1. The third kappa shape index (κ3) is 3.08. The van der Waals surface area contributed by atoms with Crippen LogP contribution in [0.15, 0.2) is 24.3 Å². The fourth-order valence-corrected chi connectivity index (χ4v) is 2.31. The van der Waals surface area contributed by atoms with E-state index >= 15 is 0 Å². The molecule has 1 aliphatic heterocycles. The van der Waals surface area contributed by atoms with Crippen LogP contribution in [0.4, 0.5) is 10.5 Å². The minimum Gasteiger partial charge on any atom is -0.358 e. The van der Waals surface area contributed by atoms with Gasteiger partial charge in [-0.25, -0.2) is 4.79 Å². The summed E-state index contributed by atoms with van der Waals surface area (Å²) in [6, 6.07) is 7.10. The van der Waals surface area contributed by atoms with Crippen LogP contribution in [0.3, 0.4) is 0 Å². The maximum absolute atomic E-state index is 12.1. The topological polar surface area (TPSA) is 73.5 Å². The standard InChI is InChI=1S/C14H20N4O2/c1-10(13(19)17-14(20)15-2)18-8-7-16-9-11-5-3-4-6-12(11)18/h3-6,10,16H,7-9H2,1-2H3,(H2,15,17,19,20). The summed E-state index contributed by atoms with van der Waals surface area (Å²) in [5, 5.41) is 8.04. The first-order chi connectivity index (χ1) is 9.63. The molecule has 0 aliphatic carbocycles. The van der Waals surface area contributed by atoms with E-state index in [1.807, 2.05) is 29.2 Å². The lowest BCUT2D eigenvalue weighted by molar-refractivity contribution is -0.120. The van der Waals surface area contributed by atoms with Crippen LogP contribution < -0.4 is 20.9 Å². The molecular formula is C14H20N4O2. The average molecular weight is 276 g/mol. The smallest absolute Gasteiger partial charge is 0.321 e. The molecular weight excluding hydrogens is 256 g/mol. The molecule has 1 unspecified atom stereocenters. The Morgan fingerprint density at radius 2 is 2.10 bits per heavy atom. The summed E-state index contributed by atoms with van der Waals surface area (Å²) in [6.45, 7) is 4.11. The van der Waals surface area contributed by atoms with E-state index in [-0.39, 0.29) is 5.91 Å². The lowest BCUT2D eigenvalue weighted by Gasteiger charge is -2.30. The SMILES string of the molecule is CNC(=O)NC(=O)C(C)N1CCNCc2ccccc21. The molecule has 3 amide bonds. The van der Waals surface area contributed by atoms with Crippen LogP contribution in [0.2, 0.25) is 0 Å². The fraction of sp³-hybridized carbons (Fsp3) is 0.429. The first-order valence-corrected chi connectivity index (χ1v) is 6.71. The summed E-state index contributed by atoms with van der Waals surface area (Å²) >= 11 is 0. The Labute approximate surface area is 118 Å². The number of benzene rings is 1. The molecule has 1 aliphatic rings. The number of fused-ring (bicyclic) bond motifs is 1. The van der Waals surface area contributed by atoms with Gasteiger partial charge < -0.3 is 15.5 Å². The van der Waals surface area contributed by atoms with Gasteiger partial charge in [-0.1, -0.05) is 18.2 Å². The number of para-hydroxylation sites is 1. The Hall–Kier alpha value is -2.08. The first-order valence-electron chi connectivity index (χ1n) is 6.71. The first kappa shape index (κ1) is 14.3. The molecule has 6 heteroatoms. The molecule has 20 heavy (non-hydrogen) atoms. The Kier molecular flexibility index (Phi) is 4.57. The third-order valence-electron chi connectivity index (χ3n) is 3.46. The lowest BCUT2D eigenvalue weighted by Crippen LogP contribution is -2.50. The zero-order chi connectivity index (χ0) is 14.5. The van der Waals surface area contributed by atoms with E-state index in [9.17, 15) is 9.59 Å². The van der Waals surface area contributed by atoms with Crippen molar-refractivity contribution in [3.8, 4) is 0 Å². The number of carbonyl (C=O) groups is 2. The molecule has 2 rings (SSSR count). The van der Waals surface area contributed by atoms with Crippen LogP contribution in [0.1, 0.15) is 12.5 Å². The van der Waals surface area contributed by atoms with Gasteiger partial charge in [0.1, 0.15) is 6.04 Å². The quantitative estimate of drug-likeness (QED) is 0.733. The normalized spacial score (nSPS) is 15.8. The van der Waals surface area contributed by atoms with Crippen LogP contribution in [-0.2, 0) is 11.3 Å². The van der Waals surface area contributed by atoms with Gasteiger partial charge in [0.2, 0.25) is 5.91 Å². The summed E-state index contributed by atoms with van der Waals surface area (Å²) in [4.78, 5) is 25.4. The number of imide groups is 1. The van der Waals surface area contributed by atoms with Gasteiger partial charge in [-0.2, -0.15) is 0 Å². The zero-order valence-electron chi connectivity index (χ0n) is 11.8. The van der Waals surface area contributed by atoms with Gasteiger partial charge in [0.05, 0.1) is 0 Å². The van der Waals surface area contributed by atoms with Gasteiger partial charge in [0.25, 0.3) is 0 Å². The molecule has 3 N–H and O–H groups in total. The second kappa shape index (κ2) is 6.38. The molecule has 1 atom stereocenters. The summed E-state index contributed by atoms with van der Waals surface area (Å²) in [5.74, 6) is -0.305. The van der Waals surface area contributed by atoms with E-state index in [0.717, 1.165) is 30.9 Å². The number of carbonyl (C=O) groups excluding carboxylic acids is 2. The number of hydrogen-bond donors (Lipinski definition) is 3. The second-order valence-electron chi connectivity index (χ2n) is 4.74. The number of hydrogen-bond acceptors (Lipinski definition) is 4. The number of anilines is 1. The number of rotatable bonds is 2. The maximum Gasteiger partial charge on any atom is 0.321 e. The van der Waals surface area contributed by atoms with Crippen LogP contribution in [0.25, 0.3) is 0 Å². The highest BCUT2D eigenvalue weighted by molar-refractivity contribution is 5.98. The van der Waals surface area contributed by atoms with Crippen molar-refractivity contribution in [1.29, 1.82) is 0 Å². The van der Waals surface area contributed by atoms with Crippen molar-refractivity contribution in [2.75, 3.05) is 25.0 Å². The van der Waals surface area contributed by atoms with Crippen molar-refractivity contribution >= 4 is 17.6 Å². The number of nitrogens with zero attached hydrogens (tertiary/aromatic N) is 1. The van der Waals surface area contributed by atoms with Crippen molar-refractivity contribution in [2.24, 2.45) is 0 Å². The van der Waals surface area contributed by atoms with Crippen molar-refractivity contribution in [1.82, 2.24) is 16.0 Å². The monoisotopic (exact) mass is 276 g/mol. The third-order valence-corrected chi connectivity index (χ3v) is 3.46. The van der Waals surface area contributed by atoms with Crippen LogP contribution in [-0.4, -0.2) is 38.1 Å². The van der Waals surface area contributed by atoms with E-state index < -0.39 is 12.1 Å². The highest BCUT2D eigenvalue weighted by atomic mass is 16.2. The predicted octanol–water partition coefficient (Wildman–Crippen LogP) is 0.440. The van der Waals surface area contributed by atoms with Gasteiger partial charge in [-0.15, -0.1) is 0 Å². The summed E-state index contributed by atoms with van der Waals surface area (Å²) in [5.41, 5.74) is 2.20. The summed E-state index contributed by atoms with van der Waals surface area (Å²) in [7, 11) is 1.48. The minimum atomic E-state index is -0.483. The molecule has 0 saturated heterocycles. The molecule has 1 aromatic rings. The van der Waals surface area contributed by atoms with E-state index in [0.29, 0.717) is 0 Å². The number of amides is 3. The summed E-state index contributed by atoms with van der Waals surface area (Å²) in [6.07, 6.45) is 0. The van der Waals surface area contributed by atoms with Crippen molar-refractivity contribution in [3.63, 3.8) is 0 Å². The van der Waals surface area contributed by atoms with E-state index in [4.69, 9.17) is 0 Å². The second-order valence-corrected chi connectivity index (χ2v) is 4.74. The molecule has 6 nitrogen and oxygen atoms in total. The predicted molar refractivity (Wildman–Crippen MR) is 77.6 cm³/mol. The van der Waals surface area contributed by atoms with Crippen molar-refractivity contribution in [2.45, 2.75) is 19.5 Å². The van der Waals surface area contributed by atoms with Gasteiger partial charge in [0, 0.05) is 32.4 Å². The zero-order valence-corrected chi connectivity index (χ0v) is 11.8. The fourth-order valence-electron chi connectivity index (χ4n) is 2.31. The number of urea groups is 1. The van der Waals surface area contributed by atoms with Crippen molar-refractivity contribution in [3.05, 3.63) is 29.8 Å². The molecule has 0 saturated carbocycles. The molecule has 0 bridgehead atoms. The van der Waals surface area contributed by atoms with E-state index in [1.54, 1.807) is 6.92 Å². The molecule has 0 fully saturated rings. The molecule has 1 aromatic carbocycles. The van der Waals surface area contributed by atoms with Gasteiger partial charge in [-0.3, -0.25) is 10.1 Å². The van der Waals surface area contributed by atoms with Crippen LogP contribution in [0.5, 0.6) is 0 Å². The van der Waals surface area contributed by atoms with Crippen LogP contribution in [0, 0.1) is 0 Å². The molecule has 0 radical (unpaired) electrons. The molecule has 108 valence electrons. The van der Waals surface area contributed by atoms with Gasteiger partial charge >= 0.3 is 6.03 Å². The largest absolute Gasteiger partial charge is 0.358 e. The highest BCUT2D eigenvalue weighted by Gasteiger charge is 2.25. The average Bonchev–Trinajstić information content (AvgIpc) is 2.68. The minimum absolute atomic E-state index is 0.305. The molecule has 1 heterocycles. The summed E-state index contributed by atoms with van der Waals surface area (Å²) < 4.78 is 0. The van der Waals surface area contributed by atoms with E-state index in [1.165, 1.54) is 7.05 Å². The Bertz CT molecular complexity index is 504. The van der Waals surface area contributed by atoms with Crippen molar-refractivity contribution < 1.29 is 9.59 Å². The molecule has 0 spiro atoms. The van der Waals surface area contributed by atoms with Gasteiger partial charge in [-0.05, 0) is 18.6 Å². The number of nitrogens with one attached hydrogen (secondary N) is 3. The van der Waals surface area contributed by atoms with Crippen LogP contribution >= 0.6 is 0 Å². The highest BCUT2D eigenvalue weighted by Crippen LogP contribution is 2.24.